The molecular formula is C22H32N4O3. The minimum atomic E-state index is -0.525. The van der Waals surface area contributed by atoms with Crippen LogP contribution in [0, 0.1) is 10.8 Å². The van der Waals surface area contributed by atoms with E-state index in [0.717, 1.165) is 58.2 Å². The lowest BCUT2D eigenvalue weighted by molar-refractivity contribution is -0.144. The third kappa shape index (κ3) is 3.97. The summed E-state index contributed by atoms with van der Waals surface area (Å²) in [5.41, 5.74) is -0.332. The highest BCUT2D eigenvalue weighted by Gasteiger charge is 2.73. The smallest absolute Gasteiger partial charge is 0.231 e. The second-order valence-electron chi connectivity index (χ2n) is 9.01. The van der Waals surface area contributed by atoms with Crippen LogP contribution >= 0.6 is 0 Å². The number of pyridine rings is 1. The first-order chi connectivity index (χ1) is 14.0. The number of likely N-dealkylation sites (N-methyl/N-ethyl adjacent to an activating group) is 1. The van der Waals surface area contributed by atoms with Crippen LogP contribution in [-0.4, -0.2) is 66.9 Å². The van der Waals surface area contributed by atoms with E-state index in [9.17, 15) is 9.59 Å². The molecule has 3 aliphatic rings. The molecule has 1 N–H and O–H groups in total. The molecule has 0 radical (unpaired) electrons. The first kappa shape index (κ1) is 20.1. The van der Waals surface area contributed by atoms with Gasteiger partial charge in [-0.1, -0.05) is 0 Å². The molecule has 3 fully saturated rings. The molecule has 0 aromatic carbocycles. The van der Waals surface area contributed by atoms with Crippen LogP contribution in [0.15, 0.2) is 18.3 Å². The zero-order valence-corrected chi connectivity index (χ0v) is 17.6. The van der Waals surface area contributed by atoms with E-state index in [0.29, 0.717) is 18.2 Å². The fraction of sp³-hybridized carbons (Fsp3) is 0.682. The Morgan fingerprint density at radius 2 is 1.79 bits per heavy atom. The molecule has 4 rings (SSSR count). The Bertz CT molecular complexity index is 748. The van der Waals surface area contributed by atoms with E-state index in [2.05, 4.69) is 10.3 Å². The molecule has 1 aliphatic heterocycles. The summed E-state index contributed by atoms with van der Waals surface area (Å²) in [5.74, 6) is 0.737. The number of hydrogen-bond acceptors (Lipinski definition) is 5. The summed E-state index contributed by atoms with van der Waals surface area (Å²) in [4.78, 5) is 34.7. The second-order valence-corrected chi connectivity index (χ2v) is 9.01. The first-order valence-electron chi connectivity index (χ1n) is 10.8. The van der Waals surface area contributed by atoms with Gasteiger partial charge in [0.2, 0.25) is 17.7 Å². The number of ether oxygens (including phenoxy) is 1. The number of aromatic nitrogens is 1. The number of rotatable bonds is 8. The lowest BCUT2D eigenvalue weighted by Crippen LogP contribution is -2.47. The largest absolute Gasteiger partial charge is 0.476 e. The van der Waals surface area contributed by atoms with Crippen molar-refractivity contribution in [3.8, 4) is 5.88 Å². The van der Waals surface area contributed by atoms with Crippen LogP contribution in [0.4, 0.5) is 5.69 Å². The number of anilines is 1. The molecule has 7 heteroatoms. The van der Waals surface area contributed by atoms with E-state index in [1.54, 1.807) is 12.3 Å². The first-order valence-corrected chi connectivity index (χ1v) is 10.8. The summed E-state index contributed by atoms with van der Waals surface area (Å²) in [7, 11) is 3.98. The van der Waals surface area contributed by atoms with Gasteiger partial charge in [-0.3, -0.25) is 9.59 Å². The van der Waals surface area contributed by atoms with E-state index >= 15 is 0 Å². The fourth-order valence-electron chi connectivity index (χ4n) is 4.59. The lowest BCUT2D eigenvalue weighted by atomic mass is 9.82. The number of carbonyl (C=O) groups excluding carboxylic acids is 2. The second kappa shape index (κ2) is 7.94. The van der Waals surface area contributed by atoms with Crippen molar-refractivity contribution in [3.05, 3.63) is 18.3 Å². The topological polar surface area (TPSA) is 74.8 Å². The molecule has 158 valence electrons. The van der Waals surface area contributed by atoms with Crippen LogP contribution in [0.25, 0.3) is 0 Å². The van der Waals surface area contributed by atoms with Crippen LogP contribution in [-0.2, 0) is 9.59 Å². The average Bonchev–Trinajstić information content (AvgIpc) is 3.62. The van der Waals surface area contributed by atoms with Crippen LogP contribution < -0.4 is 10.1 Å². The molecule has 29 heavy (non-hydrogen) atoms. The van der Waals surface area contributed by atoms with Crippen molar-refractivity contribution in [1.29, 1.82) is 0 Å². The molecule has 1 saturated heterocycles. The number of carbonyl (C=O) groups is 2. The number of hydrogen-bond donors (Lipinski definition) is 1. The lowest BCUT2D eigenvalue weighted by Gasteiger charge is -2.34. The van der Waals surface area contributed by atoms with Gasteiger partial charge in [0.05, 0.1) is 22.7 Å². The van der Waals surface area contributed by atoms with Gasteiger partial charge < -0.3 is 19.9 Å². The van der Waals surface area contributed by atoms with Crippen molar-refractivity contribution in [2.24, 2.45) is 10.8 Å². The van der Waals surface area contributed by atoms with Crippen LogP contribution in [0.1, 0.15) is 44.9 Å². The molecule has 0 unspecified atom stereocenters. The monoisotopic (exact) mass is 400 g/mol. The Balaban J connectivity index is 1.37. The summed E-state index contributed by atoms with van der Waals surface area (Å²) >= 11 is 0. The van der Waals surface area contributed by atoms with E-state index in [1.165, 1.54) is 6.42 Å². The summed E-state index contributed by atoms with van der Waals surface area (Å²) in [5, 5.41) is 3.01. The molecule has 7 nitrogen and oxygen atoms in total. The Labute approximate surface area is 172 Å². The van der Waals surface area contributed by atoms with Crippen molar-refractivity contribution in [2.75, 3.05) is 45.7 Å². The van der Waals surface area contributed by atoms with Gasteiger partial charge in [-0.2, -0.15) is 0 Å². The van der Waals surface area contributed by atoms with E-state index in [-0.39, 0.29) is 11.8 Å². The fourth-order valence-corrected chi connectivity index (χ4v) is 4.59. The third-order valence-electron chi connectivity index (χ3n) is 6.69. The molecule has 2 aliphatic carbocycles. The average molecular weight is 401 g/mol. The number of piperidine rings is 1. The van der Waals surface area contributed by atoms with Crippen molar-refractivity contribution in [2.45, 2.75) is 44.9 Å². The van der Waals surface area contributed by atoms with Gasteiger partial charge in [0.15, 0.2) is 0 Å². The van der Waals surface area contributed by atoms with Crippen LogP contribution in [0.3, 0.4) is 0 Å². The summed E-state index contributed by atoms with van der Waals surface area (Å²) in [6, 6.07) is 3.59. The quantitative estimate of drug-likeness (QED) is 0.726. The molecule has 0 atom stereocenters. The highest BCUT2D eigenvalue weighted by Crippen LogP contribution is 2.71. The summed E-state index contributed by atoms with van der Waals surface area (Å²) < 4.78 is 5.60. The van der Waals surface area contributed by atoms with E-state index < -0.39 is 10.8 Å². The molecule has 2 amide bonds. The molecule has 2 heterocycles. The minimum absolute atomic E-state index is 0.0246. The minimum Gasteiger partial charge on any atom is -0.476 e. The van der Waals surface area contributed by atoms with Gasteiger partial charge in [-0.05, 0) is 65.1 Å². The summed E-state index contributed by atoms with van der Waals surface area (Å²) in [6.07, 6.45) is 8.27. The Kier molecular flexibility index (Phi) is 5.51. The number of nitrogens with zero attached hydrogens (tertiary/aromatic N) is 3. The van der Waals surface area contributed by atoms with Crippen molar-refractivity contribution < 1.29 is 14.3 Å². The Hall–Kier alpha value is -2.15. The molecule has 0 bridgehead atoms. The third-order valence-corrected chi connectivity index (χ3v) is 6.69. The Morgan fingerprint density at radius 1 is 1.10 bits per heavy atom. The molecule has 1 aromatic rings. The maximum absolute atomic E-state index is 13.2. The van der Waals surface area contributed by atoms with Crippen LogP contribution in [0.5, 0.6) is 5.88 Å². The van der Waals surface area contributed by atoms with Crippen LogP contribution in [0.2, 0.25) is 0 Å². The summed E-state index contributed by atoms with van der Waals surface area (Å²) in [6.45, 7) is 3.07. The molecule has 1 aromatic heterocycles. The maximum Gasteiger partial charge on any atom is 0.231 e. The normalized spacial score (nSPS) is 21.6. The molecule has 2 saturated carbocycles. The van der Waals surface area contributed by atoms with Gasteiger partial charge in [0, 0.05) is 25.7 Å². The predicted octanol–water partition coefficient (Wildman–Crippen LogP) is 2.53. The molecule has 0 spiro atoms. The Morgan fingerprint density at radius 3 is 2.34 bits per heavy atom. The highest BCUT2D eigenvalue weighted by atomic mass is 16.5. The van der Waals surface area contributed by atoms with Gasteiger partial charge >= 0.3 is 0 Å². The predicted molar refractivity (Wildman–Crippen MR) is 111 cm³/mol. The van der Waals surface area contributed by atoms with Gasteiger partial charge in [0.25, 0.3) is 0 Å². The zero-order valence-electron chi connectivity index (χ0n) is 17.6. The van der Waals surface area contributed by atoms with Crippen molar-refractivity contribution >= 4 is 17.5 Å². The highest BCUT2D eigenvalue weighted by molar-refractivity contribution is 6.03. The number of amides is 2. The van der Waals surface area contributed by atoms with Gasteiger partial charge in [-0.25, -0.2) is 4.98 Å². The SMILES string of the molecule is CN(C)CCOc1ccc(NC(=O)C2(C3(C(=O)N4CCCCC4)CC3)CC2)cn1. The van der Waals surface area contributed by atoms with E-state index in [4.69, 9.17) is 4.74 Å². The van der Waals surface area contributed by atoms with Crippen molar-refractivity contribution in [1.82, 2.24) is 14.8 Å². The standard InChI is InChI=1S/C22H32N4O3/c1-25(2)14-15-29-18-7-6-17(16-23-18)24-19(27)21(8-9-21)22(10-11-22)20(28)26-12-4-3-5-13-26/h6-7,16H,3-5,8-15H2,1-2H3,(H,24,27). The zero-order chi connectivity index (χ0) is 20.5. The number of nitrogens with one attached hydrogen (secondary N) is 1. The van der Waals surface area contributed by atoms with Gasteiger partial charge in [-0.15, -0.1) is 0 Å². The van der Waals surface area contributed by atoms with Crippen molar-refractivity contribution in [3.63, 3.8) is 0 Å². The van der Waals surface area contributed by atoms with E-state index in [1.807, 2.05) is 30.0 Å². The maximum atomic E-state index is 13.2. The number of likely N-dealkylation sites (tertiary alicyclic amines) is 1. The molecular weight excluding hydrogens is 368 g/mol. The van der Waals surface area contributed by atoms with Gasteiger partial charge in [0.1, 0.15) is 6.61 Å².